The average molecular weight is 646 g/mol. The summed E-state index contributed by atoms with van der Waals surface area (Å²) in [6.07, 6.45) is 2.38. The lowest BCUT2D eigenvalue weighted by atomic mass is 9.70. The Balaban J connectivity index is 1.20. The molecule has 2 aliphatic rings. The van der Waals surface area contributed by atoms with Crippen molar-refractivity contribution in [2.24, 2.45) is 5.41 Å². The summed E-state index contributed by atoms with van der Waals surface area (Å²) in [4.78, 5) is 18.4. The molecule has 2 atom stereocenters. The van der Waals surface area contributed by atoms with Gasteiger partial charge in [-0.2, -0.15) is 0 Å². The van der Waals surface area contributed by atoms with Crippen molar-refractivity contribution in [2.45, 2.75) is 44.9 Å². The predicted octanol–water partition coefficient (Wildman–Crippen LogP) is 12.4. The zero-order chi connectivity index (χ0) is 31.8. The van der Waals surface area contributed by atoms with Crippen LogP contribution < -0.4 is 4.90 Å². The molecule has 0 amide bonds. The van der Waals surface area contributed by atoms with Gasteiger partial charge in [0.2, 0.25) is 0 Å². The molecule has 3 nitrogen and oxygen atoms in total. The Hall–Kier alpha value is -4.58. The highest BCUT2D eigenvalue weighted by Crippen LogP contribution is 2.67. The van der Waals surface area contributed by atoms with E-state index in [2.05, 4.69) is 153 Å². The minimum atomic E-state index is 0.0483. The molecule has 0 radical (unpaired) electrons. The molecule has 9 rings (SSSR count). The first kappa shape index (κ1) is 28.6. The lowest BCUT2D eigenvalue weighted by Gasteiger charge is -2.34. The number of hydrogen-bond donors (Lipinski definition) is 0. The number of hydrogen-bond acceptors (Lipinski definition) is 5. The van der Waals surface area contributed by atoms with Crippen LogP contribution in [-0.4, -0.2) is 9.97 Å². The topological polar surface area (TPSA) is 29.0 Å². The van der Waals surface area contributed by atoms with E-state index in [1.54, 1.807) is 0 Å². The second-order valence-corrected chi connectivity index (χ2v) is 15.7. The lowest BCUT2D eigenvalue weighted by Crippen LogP contribution is -2.31. The molecule has 7 aromatic rings. The Labute approximate surface area is 284 Å². The standard InChI is InChI=1S/C42H35N3S2/c1-41(2)32-25-26-42(41,3)40-35(32)43-37-36(44-40)38(47-39(37)34-24-23-33(46-34)27-13-7-4-8-14-27)28-19-21-31(22-20-28)45(29-15-9-5-10-16-29)30-17-11-6-12-18-30/h4-24,32H,25-26H2,1-3H3. The number of rotatable bonds is 6. The van der Waals surface area contributed by atoms with Crippen LogP contribution in [0.2, 0.25) is 0 Å². The Morgan fingerprint density at radius 3 is 1.81 bits per heavy atom. The van der Waals surface area contributed by atoms with Gasteiger partial charge in [0, 0.05) is 38.1 Å². The third-order valence-electron chi connectivity index (χ3n) is 10.9. The Morgan fingerprint density at radius 1 is 0.574 bits per heavy atom. The third-order valence-corrected chi connectivity index (χ3v) is 13.5. The van der Waals surface area contributed by atoms with Crippen molar-refractivity contribution in [2.75, 3.05) is 4.90 Å². The number of para-hydroxylation sites is 2. The van der Waals surface area contributed by atoms with E-state index in [0.717, 1.165) is 28.1 Å². The van der Waals surface area contributed by atoms with Gasteiger partial charge in [0.1, 0.15) is 11.0 Å². The first-order valence-corrected chi connectivity index (χ1v) is 18.1. The van der Waals surface area contributed by atoms with Crippen LogP contribution in [0, 0.1) is 5.41 Å². The summed E-state index contributed by atoms with van der Waals surface area (Å²) in [5, 5.41) is 0. The lowest BCUT2D eigenvalue weighted by molar-refractivity contribution is 0.227. The van der Waals surface area contributed by atoms with E-state index in [1.165, 1.54) is 54.9 Å². The molecule has 2 aliphatic carbocycles. The Kier molecular flexibility index (Phi) is 6.53. The van der Waals surface area contributed by atoms with E-state index in [0.29, 0.717) is 5.92 Å². The van der Waals surface area contributed by atoms with Crippen molar-refractivity contribution >= 4 is 50.8 Å². The molecule has 0 spiro atoms. The van der Waals surface area contributed by atoms with Gasteiger partial charge in [-0.3, -0.25) is 0 Å². The van der Waals surface area contributed by atoms with Crippen LogP contribution in [0.4, 0.5) is 17.1 Å². The molecule has 230 valence electrons. The maximum atomic E-state index is 5.59. The molecule has 0 aliphatic heterocycles. The van der Waals surface area contributed by atoms with Crippen molar-refractivity contribution in [1.82, 2.24) is 9.97 Å². The van der Waals surface area contributed by atoms with Crippen molar-refractivity contribution in [3.63, 3.8) is 0 Å². The molecule has 0 saturated heterocycles. The molecular weight excluding hydrogens is 611 g/mol. The predicted molar refractivity (Wildman–Crippen MR) is 199 cm³/mol. The van der Waals surface area contributed by atoms with Crippen LogP contribution in [-0.2, 0) is 5.41 Å². The summed E-state index contributed by atoms with van der Waals surface area (Å²) < 4.78 is 0. The van der Waals surface area contributed by atoms with E-state index in [9.17, 15) is 0 Å². The van der Waals surface area contributed by atoms with Crippen LogP contribution in [0.15, 0.2) is 127 Å². The fraction of sp³-hybridized carbons (Fsp3) is 0.190. The van der Waals surface area contributed by atoms with Crippen LogP contribution in [0.5, 0.6) is 0 Å². The van der Waals surface area contributed by atoms with Crippen LogP contribution in [0.25, 0.3) is 41.7 Å². The van der Waals surface area contributed by atoms with Gasteiger partial charge in [0.15, 0.2) is 0 Å². The second-order valence-electron chi connectivity index (χ2n) is 13.6. The Bertz CT molecular complexity index is 2200. The van der Waals surface area contributed by atoms with Gasteiger partial charge in [-0.1, -0.05) is 99.6 Å². The quantitative estimate of drug-likeness (QED) is 0.180. The van der Waals surface area contributed by atoms with E-state index in [-0.39, 0.29) is 10.8 Å². The summed E-state index contributed by atoms with van der Waals surface area (Å²) in [6, 6.07) is 45.4. The number of benzene rings is 4. The first-order valence-electron chi connectivity index (χ1n) is 16.4. The van der Waals surface area contributed by atoms with Crippen LogP contribution >= 0.6 is 22.7 Å². The van der Waals surface area contributed by atoms with Gasteiger partial charge in [-0.15, -0.1) is 22.7 Å². The minimum absolute atomic E-state index is 0.0483. The summed E-state index contributed by atoms with van der Waals surface area (Å²) in [6.45, 7) is 7.28. The smallest absolute Gasteiger partial charge is 0.109 e. The molecular formula is C42H35N3S2. The molecule has 2 unspecified atom stereocenters. The van der Waals surface area contributed by atoms with Gasteiger partial charge in [0.05, 0.1) is 21.1 Å². The maximum Gasteiger partial charge on any atom is 0.109 e. The highest BCUT2D eigenvalue weighted by molar-refractivity contribution is 7.26. The van der Waals surface area contributed by atoms with Crippen molar-refractivity contribution in [3.8, 4) is 30.6 Å². The van der Waals surface area contributed by atoms with Crippen molar-refractivity contribution in [1.29, 1.82) is 0 Å². The fourth-order valence-corrected chi connectivity index (χ4v) is 10.3. The van der Waals surface area contributed by atoms with Crippen molar-refractivity contribution in [3.05, 3.63) is 139 Å². The zero-order valence-electron chi connectivity index (χ0n) is 26.8. The number of aromatic nitrogens is 2. The molecule has 4 aromatic carbocycles. The Morgan fingerprint density at radius 2 is 1.15 bits per heavy atom. The summed E-state index contributed by atoms with van der Waals surface area (Å²) in [5.41, 5.74) is 10.6. The molecule has 3 heterocycles. The van der Waals surface area contributed by atoms with E-state index in [4.69, 9.17) is 9.97 Å². The molecule has 5 heteroatoms. The van der Waals surface area contributed by atoms with Crippen LogP contribution in [0.1, 0.15) is 50.9 Å². The van der Waals surface area contributed by atoms with E-state index >= 15 is 0 Å². The summed E-state index contributed by atoms with van der Waals surface area (Å²) in [5.74, 6) is 0.458. The van der Waals surface area contributed by atoms with Gasteiger partial charge in [0.25, 0.3) is 0 Å². The molecule has 47 heavy (non-hydrogen) atoms. The van der Waals surface area contributed by atoms with E-state index < -0.39 is 0 Å². The number of anilines is 3. The van der Waals surface area contributed by atoms with E-state index in [1.807, 2.05) is 22.7 Å². The highest BCUT2D eigenvalue weighted by Gasteiger charge is 2.61. The SMILES string of the molecule is CC12CCC(c3nc4c(-c5ccc(-c6ccccc6)s5)sc(-c5ccc(N(c6ccccc6)c6ccccc6)cc5)c4nc31)C2(C)C. The van der Waals surface area contributed by atoms with Gasteiger partial charge in [-0.25, -0.2) is 9.97 Å². The second kappa shape index (κ2) is 10.7. The maximum absolute atomic E-state index is 5.59. The van der Waals surface area contributed by atoms with Crippen LogP contribution in [0.3, 0.4) is 0 Å². The minimum Gasteiger partial charge on any atom is -0.311 e. The molecule has 2 bridgehead atoms. The molecule has 1 saturated carbocycles. The van der Waals surface area contributed by atoms with Gasteiger partial charge < -0.3 is 4.90 Å². The normalized spacial score (nSPS) is 19.3. The summed E-state index contributed by atoms with van der Waals surface area (Å²) in [7, 11) is 0. The first-order chi connectivity index (χ1) is 22.9. The number of nitrogens with zero attached hydrogens (tertiary/aromatic N) is 3. The molecule has 1 fully saturated rings. The molecule has 0 N–H and O–H groups in total. The monoisotopic (exact) mass is 645 g/mol. The third kappa shape index (κ3) is 4.37. The summed E-state index contributed by atoms with van der Waals surface area (Å²) >= 11 is 3.69. The largest absolute Gasteiger partial charge is 0.311 e. The number of fused-ring (bicyclic) bond motifs is 6. The zero-order valence-corrected chi connectivity index (χ0v) is 28.4. The number of thiophene rings is 2. The van der Waals surface area contributed by atoms with Gasteiger partial charge >= 0.3 is 0 Å². The van der Waals surface area contributed by atoms with Gasteiger partial charge in [-0.05, 0) is 77.9 Å². The average Bonchev–Trinajstić information content (AvgIpc) is 3.83. The molecule has 3 aromatic heterocycles. The fourth-order valence-electron chi connectivity index (χ4n) is 7.96. The highest BCUT2D eigenvalue weighted by atomic mass is 32.1. The van der Waals surface area contributed by atoms with Crippen molar-refractivity contribution < 1.29 is 0 Å².